The Morgan fingerprint density at radius 2 is 2.15 bits per heavy atom. The lowest BCUT2D eigenvalue weighted by molar-refractivity contribution is -0.116. The maximum absolute atomic E-state index is 10.6. The van der Waals surface area contributed by atoms with Crippen LogP contribution in [0.3, 0.4) is 0 Å². The molecule has 0 amide bonds. The van der Waals surface area contributed by atoms with Crippen LogP contribution in [0.25, 0.3) is 0 Å². The highest BCUT2D eigenvalue weighted by Crippen LogP contribution is 2.17. The molecule has 4 heteroatoms. The van der Waals surface area contributed by atoms with Crippen molar-refractivity contribution in [3.8, 4) is 0 Å². The molecule has 1 aromatic heterocycles. The SMILES string of the molecule is CC(=O)CCc1ccc(C(=O)O)s1. The van der Waals surface area contributed by atoms with E-state index < -0.39 is 5.97 Å². The van der Waals surface area contributed by atoms with Gasteiger partial charge in [-0.05, 0) is 25.5 Å². The van der Waals surface area contributed by atoms with E-state index in [4.69, 9.17) is 5.11 Å². The molecule has 13 heavy (non-hydrogen) atoms. The largest absolute Gasteiger partial charge is 0.477 e. The Hall–Kier alpha value is -1.16. The lowest BCUT2D eigenvalue weighted by atomic mass is 10.2. The molecule has 0 unspecified atom stereocenters. The van der Waals surface area contributed by atoms with E-state index in [-0.39, 0.29) is 5.78 Å². The Labute approximate surface area is 80.0 Å². The summed E-state index contributed by atoms with van der Waals surface area (Å²) >= 11 is 1.23. The number of ketones is 1. The van der Waals surface area contributed by atoms with Crippen molar-refractivity contribution in [1.82, 2.24) is 0 Å². The molecule has 0 spiro atoms. The molecule has 3 nitrogen and oxygen atoms in total. The quantitative estimate of drug-likeness (QED) is 0.804. The molecule has 1 heterocycles. The van der Waals surface area contributed by atoms with E-state index in [1.807, 2.05) is 0 Å². The van der Waals surface area contributed by atoms with E-state index in [2.05, 4.69) is 0 Å². The molecule has 1 aromatic rings. The molecule has 0 aliphatic rings. The topological polar surface area (TPSA) is 54.4 Å². The van der Waals surface area contributed by atoms with Gasteiger partial charge in [0.15, 0.2) is 0 Å². The minimum atomic E-state index is -0.904. The van der Waals surface area contributed by atoms with Crippen LogP contribution in [0.5, 0.6) is 0 Å². The zero-order chi connectivity index (χ0) is 9.84. The monoisotopic (exact) mass is 198 g/mol. The van der Waals surface area contributed by atoms with E-state index in [0.29, 0.717) is 17.7 Å². The van der Waals surface area contributed by atoms with Gasteiger partial charge in [0.05, 0.1) is 0 Å². The van der Waals surface area contributed by atoms with Crippen LogP contribution < -0.4 is 0 Å². The number of thiophene rings is 1. The molecule has 0 radical (unpaired) electrons. The summed E-state index contributed by atoms with van der Waals surface area (Å²) in [5, 5.41) is 8.62. The minimum Gasteiger partial charge on any atom is -0.477 e. The normalized spacial score (nSPS) is 9.92. The summed E-state index contributed by atoms with van der Waals surface area (Å²) in [6.07, 6.45) is 1.13. The number of Topliss-reactive ketones (excluding diaryl/α,β-unsaturated/α-hetero) is 1. The molecule has 0 atom stereocenters. The highest BCUT2D eigenvalue weighted by Gasteiger charge is 2.06. The molecular weight excluding hydrogens is 188 g/mol. The summed E-state index contributed by atoms with van der Waals surface area (Å²) in [5.41, 5.74) is 0. The maximum atomic E-state index is 10.6. The summed E-state index contributed by atoms with van der Waals surface area (Å²) in [7, 11) is 0. The number of carboxylic acid groups (broad SMARTS) is 1. The second-order valence-corrected chi connectivity index (χ2v) is 3.94. The number of aromatic carboxylic acids is 1. The lowest BCUT2D eigenvalue weighted by Gasteiger charge is -1.91. The maximum Gasteiger partial charge on any atom is 0.345 e. The van der Waals surface area contributed by atoms with Crippen LogP contribution in [0.1, 0.15) is 27.9 Å². The predicted molar refractivity (Wildman–Crippen MR) is 50.3 cm³/mol. The highest BCUT2D eigenvalue weighted by atomic mass is 32.1. The number of carbonyl (C=O) groups excluding carboxylic acids is 1. The van der Waals surface area contributed by atoms with Crippen LogP contribution in [0, 0.1) is 0 Å². The fraction of sp³-hybridized carbons (Fsp3) is 0.333. The molecule has 1 N–H and O–H groups in total. The molecule has 0 aliphatic carbocycles. The van der Waals surface area contributed by atoms with E-state index >= 15 is 0 Å². The zero-order valence-electron chi connectivity index (χ0n) is 7.24. The Balaban J connectivity index is 2.59. The first-order chi connectivity index (χ1) is 6.09. The lowest BCUT2D eigenvalue weighted by Crippen LogP contribution is -1.92. The molecular formula is C9H10O3S. The summed E-state index contributed by atoms with van der Waals surface area (Å²) < 4.78 is 0. The van der Waals surface area contributed by atoms with Crippen LogP contribution in [0.15, 0.2) is 12.1 Å². The van der Waals surface area contributed by atoms with Crippen molar-refractivity contribution in [2.24, 2.45) is 0 Å². The van der Waals surface area contributed by atoms with Gasteiger partial charge in [0, 0.05) is 11.3 Å². The standard InChI is InChI=1S/C9H10O3S/c1-6(10)2-3-7-4-5-8(13-7)9(11)12/h4-5H,2-3H2,1H3,(H,11,12). The summed E-state index contributed by atoms with van der Waals surface area (Å²) in [6.45, 7) is 1.53. The predicted octanol–water partition coefficient (Wildman–Crippen LogP) is 1.97. The van der Waals surface area contributed by atoms with E-state index in [1.165, 1.54) is 18.3 Å². The number of carboxylic acids is 1. The van der Waals surface area contributed by atoms with Crippen molar-refractivity contribution < 1.29 is 14.7 Å². The molecule has 0 aliphatic heterocycles. The van der Waals surface area contributed by atoms with Gasteiger partial charge in [-0.15, -0.1) is 11.3 Å². The van der Waals surface area contributed by atoms with Crippen LogP contribution in [-0.2, 0) is 11.2 Å². The average molecular weight is 198 g/mol. The van der Waals surface area contributed by atoms with Crippen molar-refractivity contribution in [2.75, 3.05) is 0 Å². The van der Waals surface area contributed by atoms with Gasteiger partial charge in [-0.2, -0.15) is 0 Å². The van der Waals surface area contributed by atoms with Crippen molar-refractivity contribution >= 4 is 23.1 Å². The zero-order valence-corrected chi connectivity index (χ0v) is 8.06. The molecule has 70 valence electrons. The van der Waals surface area contributed by atoms with Crippen molar-refractivity contribution in [3.05, 3.63) is 21.9 Å². The van der Waals surface area contributed by atoms with Gasteiger partial charge in [-0.3, -0.25) is 0 Å². The molecule has 1 rings (SSSR count). The molecule has 0 saturated carbocycles. The number of aryl methyl sites for hydroxylation is 1. The second-order valence-electron chi connectivity index (χ2n) is 2.77. The highest BCUT2D eigenvalue weighted by molar-refractivity contribution is 7.13. The Kier molecular flexibility index (Phi) is 3.19. The molecule has 0 aromatic carbocycles. The van der Waals surface area contributed by atoms with Gasteiger partial charge >= 0.3 is 5.97 Å². The van der Waals surface area contributed by atoms with Crippen LogP contribution in [0.2, 0.25) is 0 Å². The minimum absolute atomic E-state index is 0.130. The number of carbonyl (C=O) groups is 2. The first kappa shape index (κ1) is 9.92. The smallest absolute Gasteiger partial charge is 0.345 e. The average Bonchev–Trinajstić information content (AvgIpc) is 2.48. The first-order valence-corrected chi connectivity index (χ1v) is 4.72. The molecule has 0 bridgehead atoms. The van der Waals surface area contributed by atoms with Crippen LogP contribution >= 0.6 is 11.3 Å². The third-order valence-corrected chi connectivity index (χ3v) is 2.73. The van der Waals surface area contributed by atoms with E-state index in [0.717, 1.165) is 4.88 Å². The van der Waals surface area contributed by atoms with E-state index in [9.17, 15) is 9.59 Å². The third-order valence-electron chi connectivity index (χ3n) is 1.60. The first-order valence-electron chi connectivity index (χ1n) is 3.91. The van der Waals surface area contributed by atoms with Gasteiger partial charge in [-0.25, -0.2) is 4.79 Å². The molecule has 0 saturated heterocycles. The second kappa shape index (κ2) is 4.18. The number of rotatable bonds is 4. The Morgan fingerprint density at radius 1 is 1.46 bits per heavy atom. The van der Waals surface area contributed by atoms with Gasteiger partial charge < -0.3 is 9.90 Å². The van der Waals surface area contributed by atoms with Crippen molar-refractivity contribution in [1.29, 1.82) is 0 Å². The fourth-order valence-electron chi connectivity index (χ4n) is 0.926. The van der Waals surface area contributed by atoms with Crippen molar-refractivity contribution in [2.45, 2.75) is 19.8 Å². The van der Waals surface area contributed by atoms with Gasteiger partial charge in [0.1, 0.15) is 10.7 Å². The van der Waals surface area contributed by atoms with Crippen LogP contribution in [0.4, 0.5) is 0 Å². The van der Waals surface area contributed by atoms with Gasteiger partial charge in [-0.1, -0.05) is 0 Å². The fourth-order valence-corrected chi connectivity index (χ4v) is 1.77. The van der Waals surface area contributed by atoms with Crippen molar-refractivity contribution in [3.63, 3.8) is 0 Å². The van der Waals surface area contributed by atoms with Gasteiger partial charge in [0.25, 0.3) is 0 Å². The van der Waals surface area contributed by atoms with E-state index in [1.54, 1.807) is 12.1 Å². The Morgan fingerprint density at radius 3 is 2.62 bits per heavy atom. The van der Waals surface area contributed by atoms with Crippen LogP contribution in [-0.4, -0.2) is 16.9 Å². The molecule has 0 fully saturated rings. The van der Waals surface area contributed by atoms with Gasteiger partial charge in [0.2, 0.25) is 0 Å². The third kappa shape index (κ3) is 2.99. The summed E-state index contributed by atoms with van der Waals surface area (Å²) in [5.74, 6) is -0.774. The number of hydrogen-bond acceptors (Lipinski definition) is 3. The summed E-state index contributed by atoms with van der Waals surface area (Å²) in [6, 6.07) is 3.33. The summed E-state index contributed by atoms with van der Waals surface area (Å²) in [4.78, 5) is 22.4. The Bertz CT molecular complexity index is 327. The number of hydrogen-bond donors (Lipinski definition) is 1.